The van der Waals surface area contributed by atoms with Crippen LogP contribution in [0.4, 0.5) is 0 Å². The predicted molar refractivity (Wildman–Crippen MR) is 108 cm³/mol. The van der Waals surface area contributed by atoms with Crippen LogP contribution in [0, 0.1) is 5.41 Å². The number of piperidine rings is 1. The Bertz CT molecular complexity index is 913. The van der Waals surface area contributed by atoms with Crippen molar-refractivity contribution in [1.29, 1.82) is 0 Å². The first-order valence-corrected chi connectivity index (χ1v) is 10.6. The van der Waals surface area contributed by atoms with Gasteiger partial charge in [-0.3, -0.25) is 9.69 Å². The highest BCUT2D eigenvalue weighted by atomic mass is 35.5. The van der Waals surface area contributed by atoms with E-state index in [9.17, 15) is 4.79 Å². The first-order valence-electron chi connectivity index (χ1n) is 10.2. The highest BCUT2D eigenvalue weighted by Crippen LogP contribution is 2.52. The number of rotatable bonds is 2. The average molecular weight is 400 g/mol. The summed E-state index contributed by atoms with van der Waals surface area (Å²) in [5, 5.41) is 4.73. The van der Waals surface area contributed by atoms with Gasteiger partial charge in [0.2, 0.25) is 5.76 Å². The smallest absolute Gasteiger partial charge is 0.292 e. The molecule has 1 aliphatic carbocycles. The van der Waals surface area contributed by atoms with Gasteiger partial charge in [0.1, 0.15) is 5.69 Å². The van der Waals surface area contributed by atoms with Crippen LogP contribution < -0.4 is 0 Å². The number of halogens is 1. The van der Waals surface area contributed by atoms with Gasteiger partial charge in [0, 0.05) is 41.7 Å². The van der Waals surface area contributed by atoms with Crippen LogP contribution in [0.15, 0.2) is 34.9 Å². The van der Waals surface area contributed by atoms with Gasteiger partial charge >= 0.3 is 0 Å². The zero-order valence-electron chi connectivity index (χ0n) is 16.4. The van der Waals surface area contributed by atoms with Crippen molar-refractivity contribution in [2.24, 2.45) is 5.41 Å². The second kappa shape index (κ2) is 6.60. The standard InChI is InChI=1S/C22H26ClN3O2/c1-22-12-14-13-26(20(22)10-6-5-9-19(22)25(14)2)21(27)18-11-17(24-28-18)15-7-3-4-8-16(15)23/h3-4,7-8,11,14,19-20H,5-6,9-10,12-13H2,1-2H3/t14-,19-,20+,22-/m0/s1. The summed E-state index contributed by atoms with van der Waals surface area (Å²) >= 11 is 6.28. The van der Waals surface area contributed by atoms with Gasteiger partial charge in [0.15, 0.2) is 0 Å². The van der Waals surface area contributed by atoms with E-state index in [0.717, 1.165) is 18.5 Å². The third-order valence-corrected chi connectivity index (χ3v) is 7.72. The molecule has 0 N–H and O–H groups in total. The molecule has 2 aromatic rings. The van der Waals surface area contributed by atoms with E-state index in [0.29, 0.717) is 28.6 Å². The maximum absolute atomic E-state index is 13.5. The average Bonchev–Trinajstić information content (AvgIpc) is 3.18. The van der Waals surface area contributed by atoms with Crippen molar-refractivity contribution in [1.82, 2.24) is 15.0 Å². The van der Waals surface area contributed by atoms with Crippen LogP contribution in [-0.4, -0.2) is 52.6 Å². The number of nitrogens with zero attached hydrogens (tertiary/aromatic N) is 3. The van der Waals surface area contributed by atoms with Crippen molar-refractivity contribution in [3.8, 4) is 11.3 Å². The molecule has 3 aliphatic rings. The number of carbonyl (C=O) groups is 1. The van der Waals surface area contributed by atoms with E-state index >= 15 is 0 Å². The molecule has 5 nitrogen and oxygen atoms in total. The Kier molecular flexibility index (Phi) is 4.29. The molecule has 2 bridgehead atoms. The molecular formula is C22H26ClN3O2. The number of fused-ring (bicyclic) bond motifs is 1. The molecule has 2 saturated heterocycles. The quantitative estimate of drug-likeness (QED) is 0.747. The number of hydrogen-bond donors (Lipinski definition) is 0. The number of likely N-dealkylation sites (tertiary alicyclic amines) is 2. The molecule has 3 heterocycles. The summed E-state index contributed by atoms with van der Waals surface area (Å²) in [5.74, 6) is 0.269. The largest absolute Gasteiger partial charge is 0.350 e. The van der Waals surface area contributed by atoms with Gasteiger partial charge < -0.3 is 9.42 Å². The fourth-order valence-electron chi connectivity index (χ4n) is 6.00. The Balaban J connectivity index is 1.47. The Morgan fingerprint density at radius 2 is 2.00 bits per heavy atom. The maximum atomic E-state index is 13.5. The molecule has 4 atom stereocenters. The topological polar surface area (TPSA) is 49.6 Å². The minimum atomic E-state index is -0.0392. The minimum Gasteiger partial charge on any atom is -0.350 e. The van der Waals surface area contributed by atoms with Crippen molar-refractivity contribution in [2.75, 3.05) is 13.6 Å². The molecule has 1 aromatic heterocycles. The highest BCUT2D eigenvalue weighted by Gasteiger charge is 2.58. The monoisotopic (exact) mass is 399 g/mol. The molecule has 0 unspecified atom stereocenters. The van der Waals surface area contributed by atoms with Gasteiger partial charge in [-0.15, -0.1) is 0 Å². The lowest BCUT2D eigenvalue weighted by Gasteiger charge is -2.46. The molecule has 1 saturated carbocycles. The lowest BCUT2D eigenvalue weighted by Crippen LogP contribution is -2.55. The summed E-state index contributed by atoms with van der Waals surface area (Å²) in [4.78, 5) is 18.1. The summed E-state index contributed by atoms with van der Waals surface area (Å²) in [6.07, 6.45) is 5.92. The van der Waals surface area contributed by atoms with E-state index in [4.69, 9.17) is 16.1 Å². The zero-order chi connectivity index (χ0) is 19.5. The summed E-state index contributed by atoms with van der Waals surface area (Å²) in [7, 11) is 2.24. The van der Waals surface area contributed by atoms with Gasteiger partial charge in [0.05, 0.1) is 5.02 Å². The van der Waals surface area contributed by atoms with E-state index in [1.165, 1.54) is 25.7 Å². The van der Waals surface area contributed by atoms with Crippen molar-refractivity contribution in [3.63, 3.8) is 0 Å². The summed E-state index contributed by atoms with van der Waals surface area (Å²) in [6.45, 7) is 3.16. The van der Waals surface area contributed by atoms with Crippen LogP contribution in [-0.2, 0) is 0 Å². The molecule has 28 heavy (non-hydrogen) atoms. The zero-order valence-corrected chi connectivity index (χ0v) is 17.2. The number of likely N-dealkylation sites (N-methyl/N-ethyl adjacent to an activating group) is 1. The molecule has 0 radical (unpaired) electrons. The lowest BCUT2D eigenvalue weighted by molar-refractivity contribution is 0.0252. The van der Waals surface area contributed by atoms with Crippen molar-refractivity contribution in [3.05, 3.63) is 41.1 Å². The van der Waals surface area contributed by atoms with Gasteiger partial charge in [-0.05, 0) is 32.4 Å². The normalized spacial score (nSPS) is 32.4. The van der Waals surface area contributed by atoms with E-state index in [1.54, 1.807) is 6.07 Å². The molecular weight excluding hydrogens is 374 g/mol. The third kappa shape index (κ3) is 2.63. The maximum Gasteiger partial charge on any atom is 0.292 e. The van der Waals surface area contributed by atoms with Crippen LogP contribution in [0.5, 0.6) is 0 Å². The summed E-state index contributed by atoms with van der Waals surface area (Å²) < 4.78 is 5.50. The number of benzene rings is 1. The van der Waals surface area contributed by atoms with Crippen LogP contribution in [0.1, 0.15) is 49.6 Å². The Labute approximate surface area is 170 Å². The fraction of sp³-hybridized carbons (Fsp3) is 0.545. The van der Waals surface area contributed by atoms with E-state index in [1.807, 2.05) is 24.3 Å². The van der Waals surface area contributed by atoms with E-state index in [-0.39, 0.29) is 17.4 Å². The van der Waals surface area contributed by atoms with E-state index in [2.05, 4.69) is 28.9 Å². The summed E-state index contributed by atoms with van der Waals surface area (Å²) in [6, 6.07) is 10.5. The Morgan fingerprint density at radius 3 is 2.79 bits per heavy atom. The molecule has 5 rings (SSSR count). The molecule has 2 aliphatic heterocycles. The molecule has 148 valence electrons. The van der Waals surface area contributed by atoms with Crippen molar-refractivity contribution in [2.45, 2.75) is 57.2 Å². The Morgan fingerprint density at radius 1 is 1.25 bits per heavy atom. The molecule has 1 amide bonds. The fourth-order valence-corrected chi connectivity index (χ4v) is 6.23. The second-order valence-electron chi connectivity index (χ2n) is 8.86. The predicted octanol–water partition coefficient (Wildman–Crippen LogP) is 4.47. The number of hydrogen-bond acceptors (Lipinski definition) is 4. The van der Waals surface area contributed by atoms with Crippen LogP contribution >= 0.6 is 11.6 Å². The second-order valence-corrected chi connectivity index (χ2v) is 9.27. The van der Waals surface area contributed by atoms with Crippen molar-refractivity contribution >= 4 is 17.5 Å². The van der Waals surface area contributed by atoms with Crippen molar-refractivity contribution < 1.29 is 9.32 Å². The lowest BCUT2D eigenvalue weighted by atomic mass is 9.71. The van der Waals surface area contributed by atoms with E-state index < -0.39 is 0 Å². The van der Waals surface area contributed by atoms with Crippen LogP contribution in [0.3, 0.4) is 0 Å². The van der Waals surface area contributed by atoms with Crippen LogP contribution in [0.2, 0.25) is 5.02 Å². The number of aromatic nitrogens is 1. The van der Waals surface area contributed by atoms with Gasteiger partial charge in [-0.1, -0.05) is 54.7 Å². The molecule has 6 heteroatoms. The van der Waals surface area contributed by atoms with Gasteiger partial charge in [0.25, 0.3) is 5.91 Å². The first kappa shape index (κ1) is 18.2. The number of carbonyl (C=O) groups excluding carboxylic acids is 1. The first-order chi connectivity index (χ1) is 13.5. The third-order valence-electron chi connectivity index (χ3n) is 7.39. The van der Waals surface area contributed by atoms with Gasteiger partial charge in [-0.25, -0.2) is 0 Å². The Hall–Kier alpha value is -1.85. The highest BCUT2D eigenvalue weighted by molar-refractivity contribution is 6.33. The minimum absolute atomic E-state index is 0.0392. The summed E-state index contributed by atoms with van der Waals surface area (Å²) in [5.41, 5.74) is 1.55. The molecule has 3 fully saturated rings. The SMILES string of the molecule is CN1[C@@H]2CN(C(=O)c3cc(-c4ccccc4Cl)no3)[C@@H]3CCCC[C@H]1[C@]3(C)C2. The van der Waals surface area contributed by atoms with Crippen LogP contribution in [0.25, 0.3) is 11.3 Å². The van der Waals surface area contributed by atoms with Gasteiger partial charge in [-0.2, -0.15) is 0 Å². The molecule has 0 spiro atoms. The number of amides is 1. The molecule has 1 aromatic carbocycles.